The maximum Gasteiger partial charge on any atom is 0.424 e. The standard InChI is InChI=1S/C30H28Cl2F3N5O5/c1-3-45-27-15(11-24(36)41)10-23(38-26(27)20-12-18(31)4-7-21(20)32)29(43,30(33,34)35)14-37-28(42)16-8-17-13-40(19-5-6-19)39-25(17)22(9-16)44-2/h4,7-10,12-13,19,43H,3,5-6,11,14H2,1-2H3,(H2,36,41)(H,37,42)/t29-/m0/s1. The van der Waals surface area contributed by atoms with Crippen molar-refractivity contribution in [2.75, 3.05) is 20.3 Å². The van der Waals surface area contributed by atoms with E-state index in [1.54, 1.807) is 17.8 Å². The minimum atomic E-state index is -5.35. The van der Waals surface area contributed by atoms with Gasteiger partial charge in [0.15, 0.2) is 0 Å². The van der Waals surface area contributed by atoms with Gasteiger partial charge in [0.25, 0.3) is 5.91 Å². The van der Waals surface area contributed by atoms with Crippen LogP contribution in [-0.4, -0.2) is 58.1 Å². The van der Waals surface area contributed by atoms with Gasteiger partial charge in [-0.25, -0.2) is 4.98 Å². The number of aliphatic hydroxyl groups is 1. The second kappa shape index (κ2) is 12.4. The van der Waals surface area contributed by atoms with E-state index in [9.17, 15) is 27.9 Å². The van der Waals surface area contributed by atoms with Gasteiger partial charge in [-0.2, -0.15) is 18.3 Å². The Hall–Kier alpha value is -4.07. The Morgan fingerprint density at radius 1 is 1.18 bits per heavy atom. The summed E-state index contributed by atoms with van der Waals surface area (Å²) in [6.07, 6.45) is -2.24. The zero-order chi connectivity index (χ0) is 32.7. The number of pyridine rings is 1. The van der Waals surface area contributed by atoms with Gasteiger partial charge >= 0.3 is 6.18 Å². The number of methoxy groups -OCH3 is 1. The maximum atomic E-state index is 14.7. The van der Waals surface area contributed by atoms with Crippen LogP contribution in [0, 0.1) is 0 Å². The fourth-order valence-electron chi connectivity index (χ4n) is 4.86. The third-order valence-corrected chi connectivity index (χ3v) is 7.84. The molecule has 2 aromatic heterocycles. The number of hydrogen-bond acceptors (Lipinski definition) is 7. The first-order valence-electron chi connectivity index (χ1n) is 13.8. The van der Waals surface area contributed by atoms with Gasteiger partial charge in [-0.15, -0.1) is 0 Å². The smallest absolute Gasteiger partial charge is 0.424 e. The van der Waals surface area contributed by atoms with Crippen molar-refractivity contribution in [2.45, 2.75) is 44.0 Å². The highest BCUT2D eigenvalue weighted by Crippen LogP contribution is 2.44. The van der Waals surface area contributed by atoms with E-state index in [-0.39, 0.29) is 56.6 Å². The fraction of sp³-hybridized carbons (Fsp3) is 0.333. The van der Waals surface area contributed by atoms with Crippen molar-refractivity contribution in [3.8, 4) is 22.8 Å². The van der Waals surface area contributed by atoms with Crippen LogP contribution in [0.4, 0.5) is 13.2 Å². The van der Waals surface area contributed by atoms with Gasteiger partial charge in [-0.05, 0) is 56.2 Å². The summed E-state index contributed by atoms with van der Waals surface area (Å²) in [5.41, 5.74) is 1.01. The fourth-order valence-corrected chi connectivity index (χ4v) is 5.24. The van der Waals surface area contributed by atoms with Crippen LogP contribution in [0.5, 0.6) is 11.5 Å². The number of primary amides is 1. The minimum absolute atomic E-state index is 0.0142. The van der Waals surface area contributed by atoms with Gasteiger partial charge in [0.2, 0.25) is 11.5 Å². The number of halogens is 5. The lowest BCUT2D eigenvalue weighted by Gasteiger charge is -2.31. The third-order valence-electron chi connectivity index (χ3n) is 7.28. The summed E-state index contributed by atoms with van der Waals surface area (Å²) in [7, 11) is 1.39. The van der Waals surface area contributed by atoms with Gasteiger partial charge in [0.1, 0.15) is 22.7 Å². The Morgan fingerprint density at radius 2 is 1.91 bits per heavy atom. The molecule has 1 aliphatic rings. The van der Waals surface area contributed by atoms with Crippen molar-refractivity contribution in [1.29, 1.82) is 0 Å². The van der Waals surface area contributed by atoms with E-state index < -0.39 is 42.3 Å². The van der Waals surface area contributed by atoms with Gasteiger partial charge in [0.05, 0.1) is 43.4 Å². The largest absolute Gasteiger partial charge is 0.494 e. The average molecular weight is 666 g/mol. The molecule has 45 heavy (non-hydrogen) atoms. The van der Waals surface area contributed by atoms with Crippen molar-refractivity contribution >= 4 is 45.9 Å². The number of alkyl halides is 3. The van der Waals surface area contributed by atoms with Crippen LogP contribution in [0.25, 0.3) is 22.2 Å². The molecule has 5 rings (SSSR count). The Morgan fingerprint density at radius 3 is 2.53 bits per heavy atom. The molecule has 1 saturated carbocycles. The van der Waals surface area contributed by atoms with E-state index in [1.807, 2.05) is 0 Å². The van der Waals surface area contributed by atoms with Gasteiger partial charge in [-0.3, -0.25) is 14.3 Å². The molecule has 0 aliphatic heterocycles. The normalized spacial score (nSPS) is 14.7. The van der Waals surface area contributed by atoms with E-state index in [0.717, 1.165) is 18.9 Å². The number of fused-ring (bicyclic) bond motifs is 1. The van der Waals surface area contributed by atoms with Gasteiger partial charge in [-0.1, -0.05) is 23.2 Å². The van der Waals surface area contributed by atoms with E-state index >= 15 is 0 Å². The van der Waals surface area contributed by atoms with Crippen LogP contribution in [0.1, 0.15) is 47.4 Å². The van der Waals surface area contributed by atoms with E-state index in [2.05, 4.69) is 15.4 Å². The number of carbonyl (C=O) groups excluding carboxylic acids is 2. The third kappa shape index (κ3) is 6.51. The molecule has 4 aromatic rings. The molecule has 1 fully saturated rings. The van der Waals surface area contributed by atoms with Gasteiger partial charge < -0.3 is 25.6 Å². The molecule has 10 nitrogen and oxygen atoms in total. The first-order chi connectivity index (χ1) is 21.2. The second-order valence-electron chi connectivity index (χ2n) is 10.5. The molecular formula is C30H28Cl2F3N5O5. The molecule has 2 heterocycles. The number of nitrogens with one attached hydrogen (secondary N) is 1. The number of hydrogen-bond donors (Lipinski definition) is 3. The summed E-state index contributed by atoms with van der Waals surface area (Å²) in [6.45, 7) is 0.331. The lowest BCUT2D eigenvalue weighted by Crippen LogP contribution is -2.51. The molecule has 0 spiro atoms. The van der Waals surface area contributed by atoms with Crippen molar-refractivity contribution < 1.29 is 37.3 Å². The zero-order valence-electron chi connectivity index (χ0n) is 24.0. The lowest BCUT2D eigenvalue weighted by atomic mass is 9.93. The molecule has 15 heteroatoms. The molecule has 238 valence electrons. The summed E-state index contributed by atoms with van der Waals surface area (Å²) >= 11 is 12.5. The molecular weight excluding hydrogens is 638 g/mol. The summed E-state index contributed by atoms with van der Waals surface area (Å²) in [4.78, 5) is 29.3. The number of aromatic nitrogens is 3. The molecule has 1 aliphatic carbocycles. The molecule has 0 radical (unpaired) electrons. The van der Waals surface area contributed by atoms with Crippen LogP contribution in [-0.2, 0) is 16.8 Å². The van der Waals surface area contributed by atoms with Gasteiger partial charge in [0, 0.05) is 33.3 Å². The van der Waals surface area contributed by atoms with Crippen LogP contribution in [0.15, 0.2) is 42.6 Å². The maximum absolute atomic E-state index is 14.7. The number of ether oxygens (including phenoxy) is 2. The van der Waals surface area contributed by atoms with Crippen molar-refractivity contribution in [3.63, 3.8) is 0 Å². The summed E-state index contributed by atoms with van der Waals surface area (Å²) in [6, 6.07) is 8.18. The van der Waals surface area contributed by atoms with Crippen LogP contribution >= 0.6 is 23.2 Å². The number of nitrogens with two attached hydrogens (primary N) is 1. The Bertz CT molecular complexity index is 1790. The topological polar surface area (TPSA) is 142 Å². The summed E-state index contributed by atoms with van der Waals surface area (Å²) in [5.74, 6) is -1.60. The molecule has 1 atom stereocenters. The number of carbonyl (C=O) groups is 2. The Kier molecular flexibility index (Phi) is 8.89. The molecule has 2 aromatic carbocycles. The molecule has 0 bridgehead atoms. The SMILES string of the molecule is CCOc1c(CC(N)=O)cc([C@@](O)(CNC(=O)c2cc(OC)c3nn(C4CC4)cc3c2)C(F)(F)F)nc1-c1cc(Cl)ccc1Cl. The monoisotopic (exact) mass is 665 g/mol. The van der Waals surface area contributed by atoms with Crippen LogP contribution in [0.3, 0.4) is 0 Å². The minimum Gasteiger partial charge on any atom is -0.494 e. The average Bonchev–Trinajstić information content (AvgIpc) is 3.74. The number of amides is 2. The highest BCUT2D eigenvalue weighted by atomic mass is 35.5. The first-order valence-corrected chi connectivity index (χ1v) is 14.6. The van der Waals surface area contributed by atoms with Crippen molar-refractivity contribution in [3.05, 3.63) is 69.5 Å². The number of benzene rings is 2. The highest BCUT2D eigenvalue weighted by Gasteiger charge is 2.57. The highest BCUT2D eigenvalue weighted by molar-refractivity contribution is 6.35. The lowest BCUT2D eigenvalue weighted by molar-refractivity contribution is -0.265. The zero-order valence-corrected chi connectivity index (χ0v) is 25.6. The first kappa shape index (κ1) is 32.3. The molecule has 0 saturated heterocycles. The number of nitrogens with zero attached hydrogens (tertiary/aromatic N) is 3. The molecule has 0 unspecified atom stereocenters. The van der Waals surface area contributed by atoms with E-state index in [0.29, 0.717) is 10.9 Å². The van der Waals surface area contributed by atoms with E-state index in [4.69, 9.17) is 38.4 Å². The second-order valence-corrected chi connectivity index (χ2v) is 11.4. The molecule has 4 N–H and O–H groups in total. The summed E-state index contributed by atoms with van der Waals surface area (Å²) in [5, 5.41) is 18.8. The van der Waals surface area contributed by atoms with E-state index in [1.165, 1.54) is 37.4 Å². The Balaban J connectivity index is 1.57. The quantitative estimate of drug-likeness (QED) is 0.196. The van der Waals surface area contributed by atoms with Crippen LogP contribution < -0.4 is 20.5 Å². The predicted molar refractivity (Wildman–Crippen MR) is 161 cm³/mol. The molecule has 2 amide bonds. The number of rotatable bonds is 11. The summed E-state index contributed by atoms with van der Waals surface area (Å²) < 4.78 is 57.0. The Labute approximate surface area is 265 Å². The van der Waals surface area contributed by atoms with Crippen molar-refractivity contribution in [2.24, 2.45) is 5.73 Å². The predicted octanol–water partition coefficient (Wildman–Crippen LogP) is 5.36. The van der Waals surface area contributed by atoms with Crippen molar-refractivity contribution in [1.82, 2.24) is 20.1 Å². The van der Waals surface area contributed by atoms with Crippen LogP contribution in [0.2, 0.25) is 10.0 Å².